The third-order valence-electron chi connectivity index (χ3n) is 6.91. The van der Waals surface area contributed by atoms with Crippen LogP contribution in [0.4, 0.5) is 20.2 Å². The molecule has 0 saturated carbocycles. The van der Waals surface area contributed by atoms with Crippen molar-refractivity contribution in [3.05, 3.63) is 59.2 Å². The topological polar surface area (TPSA) is 34.1 Å². The van der Waals surface area contributed by atoms with Crippen LogP contribution in [0, 0.1) is 11.6 Å². The SMILES string of the molecule is CC(=S)NN=Cc1cc(F)c(N2CCC(c3cccc(F)c3)CC2)cc1N1CC[C@@H](N(C)C)C1. The number of hydrazone groups is 1. The number of benzene rings is 2. The molecule has 2 aromatic carbocycles. The van der Waals surface area contributed by atoms with Gasteiger partial charge in [0, 0.05) is 43.5 Å². The summed E-state index contributed by atoms with van der Waals surface area (Å²) in [6, 6.07) is 10.9. The van der Waals surface area contributed by atoms with Gasteiger partial charge in [-0.25, -0.2) is 8.78 Å². The van der Waals surface area contributed by atoms with E-state index in [-0.39, 0.29) is 11.6 Å². The van der Waals surface area contributed by atoms with Gasteiger partial charge in [-0.1, -0.05) is 24.4 Å². The number of halogens is 2. The molecule has 2 aliphatic rings. The first kappa shape index (κ1) is 24.5. The van der Waals surface area contributed by atoms with Crippen LogP contribution < -0.4 is 15.2 Å². The summed E-state index contributed by atoms with van der Waals surface area (Å²) >= 11 is 5.04. The number of hydrogen-bond donors (Lipinski definition) is 1. The number of piperidine rings is 1. The van der Waals surface area contributed by atoms with E-state index in [4.69, 9.17) is 12.2 Å². The van der Waals surface area contributed by atoms with Crippen LogP contribution in [0.25, 0.3) is 0 Å². The Hall–Kier alpha value is -2.58. The largest absolute Gasteiger partial charge is 0.369 e. The van der Waals surface area contributed by atoms with Crippen molar-refractivity contribution in [1.29, 1.82) is 0 Å². The molecule has 0 unspecified atom stereocenters. The zero-order valence-corrected chi connectivity index (χ0v) is 20.9. The number of likely N-dealkylation sites (N-methyl/N-ethyl adjacent to an activating group) is 1. The first-order valence-electron chi connectivity index (χ1n) is 11.9. The average Bonchev–Trinajstić information content (AvgIpc) is 3.30. The second kappa shape index (κ2) is 10.8. The summed E-state index contributed by atoms with van der Waals surface area (Å²) in [6.07, 6.45) is 4.45. The fourth-order valence-corrected chi connectivity index (χ4v) is 5.03. The number of anilines is 2. The number of thiocarbonyl (C=S) groups is 1. The molecule has 2 aliphatic heterocycles. The predicted molar refractivity (Wildman–Crippen MR) is 140 cm³/mol. The van der Waals surface area contributed by atoms with Crippen molar-refractivity contribution in [3.8, 4) is 0 Å². The monoisotopic (exact) mass is 485 g/mol. The number of nitrogens with one attached hydrogen (secondary N) is 1. The van der Waals surface area contributed by atoms with Gasteiger partial charge in [0.1, 0.15) is 11.6 Å². The maximum atomic E-state index is 15.3. The van der Waals surface area contributed by atoms with Gasteiger partial charge in [-0.3, -0.25) is 5.43 Å². The zero-order valence-electron chi connectivity index (χ0n) is 20.1. The highest BCUT2D eigenvalue weighted by atomic mass is 32.1. The van der Waals surface area contributed by atoms with Crippen molar-refractivity contribution in [2.24, 2.45) is 5.10 Å². The third-order valence-corrected chi connectivity index (χ3v) is 7.00. The summed E-state index contributed by atoms with van der Waals surface area (Å²) < 4.78 is 29.0. The van der Waals surface area contributed by atoms with Crippen molar-refractivity contribution >= 4 is 34.8 Å². The Bertz CT molecular complexity index is 1050. The Kier molecular flexibility index (Phi) is 7.78. The smallest absolute Gasteiger partial charge is 0.147 e. The number of hydrogen-bond acceptors (Lipinski definition) is 5. The van der Waals surface area contributed by atoms with Gasteiger partial charge in [-0.2, -0.15) is 5.10 Å². The molecule has 1 N–H and O–H groups in total. The van der Waals surface area contributed by atoms with E-state index in [0.29, 0.717) is 22.6 Å². The van der Waals surface area contributed by atoms with Gasteiger partial charge in [0.15, 0.2) is 0 Å². The highest BCUT2D eigenvalue weighted by Gasteiger charge is 2.28. The van der Waals surface area contributed by atoms with E-state index in [9.17, 15) is 4.39 Å². The Labute approximate surface area is 206 Å². The normalized spacial score (nSPS) is 19.4. The third kappa shape index (κ3) is 5.73. The quantitative estimate of drug-likeness (QED) is 0.363. The molecule has 8 heteroatoms. The molecule has 4 rings (SSSR count). The van der Waals surface area contributed by atoms with E-state index in [1.165, 1.54) is 6.07 Å². The van der Waals surface area contributed by atoms with E-state index in [0.717, 1.165) is 62.3 Å². The highest BCUT2D eigenvalue weighted by molar-refractivity contribution is 7.80. The van der Waals surface area contributed by atoms with Crippen LogP contribution in [0.15, 0.2) is 41.5 Å². The fourth-order valence-electron chi connectivity index (χ4n) is 4.97. The number of rotatable bonds is 6. The van der Waals surface area contributed by atoms with E-state index in [2.05, 4.69) is 39.3 Å². The van der Waals surface area contributed by atoms with Crippen molar-refractivity contribution < 1.29 is 8.78 Å². The lowest BCUT2D eigenvalue weighted by Crippen LogP contribution is -2.34. The zero-order chi connectivity index (χ0) is 24.2. The van der Waals surface area contributed by atoms with Crippen molar-refractivity contribution in [2.45, 2.75) is 38.1 Å². The highest BCUT2D eigenvalue weighted by Crippen LogP contribution is 2.36. The molecular formula is C26H33F2N5S. The Balaban J connectivity index is 1.57. The molecule has 1 atom stereocenters. The molecule has 0 amide bonds. The minimum Gasteiger partial charge on any atom is -0.369 e. The molecule has 2 heterocycles. The lowest BCUT2D eigenvalue weighted by Gasteiger charge is -2.35. The molecule has 0 aromatic heterocycles. The lowest BCUT2D eigenvalue weighted by molar-refractivity contribution is 0.315. The van der Waals surface area contributed by atoms with Crippen molar-refractivity contribution in [2.75, 3.05) is 50.1 Å². The Morgan fingerprint density at radius 2 is 1.79 bits per heavy atom. The summed E-state index contributed by atoms with van der Waals surface area (Å²) in [5.41, 5.74) is 6.15. The number of nitrogens with zero attached hydrogens (tertiary/aromatic N) is 4. The van der Waals surface area contributed by atoms with E-state index >= 15 is 4.39 Å². The predicted octanol–water partition coefficient (Wildman–Crippen LogP) is 4.76. The summed E-state index contributed by atoms with van der Waals surface area (Å²) in [6.45, 7) is 5.02. The summed E-state index contributed by atoms with van der Waals surface area (Å²) in [4.78, 5) is 7.24. The molecule has 0 aliphatic carbocycles. The van der Waals surface area contributed by atoms with Crippen LogP contribution >= 0.6 is 12.2 Å². The molecule has 2 saturated heterocycles. The lowest BCUT2D eigenvalue weighted by atomic mass is 9.89. The average molecular weight is 486 g/mol. The summed E-state index contributed by atoms with van der Waals surface area (Å²) in [5, 5.41) is 4.20. The minimum absolute atomic E-state index is 0.201. The maximum Gasteiger partial charge on any atom is 0.147 e. The van der Waals surface area contributed by atoms with Gasteiger partial charge >= 0.3 is 0 Å². The fraction of sp³-hybridized carbons (Fsp3) is 0.462. The van der Waals surface area contributed by atoms with Crippen LogP contribution in [0.5, 0.6) is 0 Å². The standard InChI is InChI=1S/C26H33F2N5S/c1-18(34)30-29-16-21-14-24(28)26(15-25(21)33-12-9-23(17-33)31(2)3)32-10-7-19(8-11-32)20-5-4-6-22(27)13-20/h4-6,13-16,19,23H,7-12,17H2,1-3H3,(H,30,34)/t23-/m1/s1. The molecule has 2 aromatic rings. The van der Waals surface area contributed by atoms with Gasteiger partial charge in [0.25, 0.3) is 0 Å². The van der Waals surface area contributed by atoms with Gasteiger partial charge in [-0.05, 0) is 76.0 Å². The van der Waals surface area contributed by atoms with Crippen molar-refractivity contribution in [1.82, 2.24) is 10.3 Å². The Morgan fingerprint density at radius 1 is 1.06 bits per heavy atom. The minimum atomic E-state index is -0.253. The van der Waals surface area contributed by atoms with Gasteiger partial charge in [0.05, 0.1) is 16.9 Å². The first-order chi connectivity index (χ1) is 16.3. The first-order valence-corrected chi connectivity index (χ1v) is 12.3. The maximum absolute atomic E-state index is 15.3. The van der Waals surface area contributed by atoms with Crippen LogP contribution in [0.2, 0.25) is 0 Å². The molecule has 0 bridgehead atoms. The molecule has 182 valence electrons. The van der Waals surface area contributed by atoms with Gasteiger partial charge < -0.3 is 14.7 Å². The van der Waals surface area contributed by atoms with Crippen LogP contribution in [-0.4, -0.2) is 62.4 Å². The van der Waals surface area contributed by atoms with Gasteiger partial charge in [-0.15, -0.1) is 0 Å². The van der Waals surface area contributed by atoms with Crippen LogP contribution in [0.3, 0.4) is 0 Å². The Morgan fingerprint density at radius 3 is 2.44 bits per heavy atom. The molecule has 5 nitrogen and oxygen atoms in total. The molecule has 0 spiro atoms. The molecule has 34 heavy (non-hydrogen) atoms. The summed E-state index contributed by atoms with van der Waals surface area (Å²) in [7, 11) is 4.20. The second-order valence-corrected chi connectivity index (χ2v) is 10.1. The van der Waals surface area contributed by atoms with Gasteiger partial charge in [0.2, 0.25) is 0 Å². The molecule has 2 fully saturated rings. The summed E-state index contributed by atoms with van der Waals surface area (Å²) in [5.74, 6) is -0.158. The molecular weight excluding hydrogens is 452 g/mol. The second-order valence-electron chi connectivity index (χ2n) is 9.46. The van der Waals surface area contributed by atoms with Crippen molar-refractivity contribution in [3.63, 3.8) is 0 Å². The van der Waals surface area contributed by atoms with E-state index in [1.807, 2.05) is 12.1 Å². The van der Waals surface area contributed by atoms with E-state index < -0.39 is 0 Å². The molecule has 0 radical (unpaired) electrons. The van der Waals surface area contributed by atoms with Crippen LogP contribution in [-0.2, 0) is 0 Å². The van der Waals surface area contributed by atoms with Crippen LogP contribution in [0.1, 0.15) is 43.2 Å². The van der Waals surface area contributed by atoms with E-state index in [1.54, 1.807) is 31.3 Å².